The Hall–Kier alpha value is -1.36. The number of hydrogen-bond acceptors (Lipinski definition) is 3. The maximum Gasteiger partial charge on any atom is 0.311 e. The highest BCUT2D eigenvalue weighted by Crippen LogP contribution is 2.42. The minimum atomic E-state index is -3.22. The van der Waals surface area contributed by atoms with Crippen molar-refractivity contribution < 1.29 is 18.3 Å². The fourth-order valence-electron chi connectivity index (χ4n) is 1.97. The maximum atomic E-state index is 11.3. The van der Waals surface area contributed by atoms with Crippen molar-refractivity contribution in [2.45, 2.75) is 23.7 Å². The summed E-state index contributed by atoms with van der Waals surface area (Å²) in [4.78, 5) is 11.4. The zero-order valence-electron chi connectivity index (χ0n) is 9.46. The SMILES string of the molecule is CS(=O)(=O)c1ccc(C(C(=O)O)C2CC2)cc1. The molecule has 1 aliphatic carbocycles. The van der Waals surface area contributed by atoms with Gasteiger partial charge in [0.2, 0.25) is 0 Å². The molecule has 92 valence electrons. The summed E-state index contributed by atoms with van der Waals surface area (Å²) in [5.74, 6) is -1.13. The van der Waals surface area contributed by atoms with Gasteiger partial charge in [-0.3, -0.25) is 4.79 Å². The van der Waals surface area contributed by atoms with E-state index in [2.05, 4.69) is 0 Å². The van der Waals surface area contributed by atoms with Gasteiger partial charge in [-0.2, -0.15) is 0 Å². The van der Waals surface area contributed by atoms with Crippen LogP contribution in [0, 0.1) is 5.92 Å². The molecule has 1 aromatic rings. The van der Waals surface area contributed by atoms with Crippen molar-refractivity contribution in [2.75, 3.05) is 6.26 Å². The second kappa shape index (κ2) is 4.14. The van der Waals surface area contributed by atoms with E-state index in [0.717, 1.165) is 19.1 Å². The monoisotopic (exact) mass is 254 g/mol. The third kappa shape index (κ3) is 2.66. The molecule has 1 aliphatic rings. The lowest BCUT2D eigenvalue weighted by atomic mass is 9.94. The largest absolute Gasteiger partial charge is 0.481 e. The molecular weight excluding hydrogens is 240 g/mol. The number of carboxylic acids is 1. The standard InChI is InChI=1S/C12H14O4S/c1-17(15,16)10-6-4-9(5-7-10)11(12(13)14)8-2-3-8/h4-8,11H,2-3H2,1H3,(H,13,14). The minimum Gasteiger partial charge on any atom is -0.481 e. The van der Waals surface area contributed by atoms with Crippen LogP contribution in [0.15, 0.2) is 29.2 Å². The van der Waals surface area contributed by atoms with Gasteiger partial charge in [0.05, 0.1) is 10.8 Å². The molecule has 1 aromatic carbocycles. The van der Waals surface area contributed by atoms with E-state index in [1.54, 1.807) is 12.1 Å². The molecule has 2 rings (SSSR count). The van der Waals surface area contributed by atoms with Crippen molar-refractivity contribution in [3.05, 3.63) is 29.8 Å². The Bertz CT molecular complexity index is 526. The van der Waals surface area contributed by atoms with E-state index in [1.807, 2.05) is 0 Å². The highest BCUT2D eigenvalue weighted by atomic mass is 32.2. The van der Waals surface area contributed by atoms with Gasteiger partial charge in [0.1, 0.15) is 0 Å². The van der Waals surface area contributed by atoms with Crippen molar-refractivity contribution in [3.8, 4) is 0 Å². The molecule has 1 unspecified atom stereocenters. The summed E-state index contributed by atoms with van der Waals surface area (Å²) in [6, 6.07) is 6.16. The van der Waals surface area contributed by atoms with Gasteiger partial charge in [0.15, 0.2) is 9.84 Å². The van der Waals surface area contributed by atoms with E-state index in [0.29, 0.717) is 5.56 Å². The Morgan fingerprint density at radius 3 is 2.18 bits per heavy atom. The quantitative estimate of drug-likeness (QED) is 0.887. The summed E-state index contributed by atoms with van der Waals surface area (Å²) >= 11 is 0. The molecule has 4 nitrogen and oxygen atoms in total. The molecular formula is C12H14O4S. The Kier molecular flexibility index (Phi) is 2.95. The molecule has 1 atom stereocenters. The fraction of sp³-hybridized carbons (Fsp3) is 0.417. The van der Waals surface area contributed by atoms with Gasteiger partial charge in [0, 0.05) is 6.26 Å². The number of sulfone groups is 1. The molecule has 1 saturated carbocycles. The van der Waals surface area contributed by atoms with E-state index >= 15 is 0 Å². The zero-order valence-corrected chi connectivity index (χ0v) is 10.3. The van der Waals surface area contributed by atoms with E-state index in [-0.39, 0.29) is 10.8 Å². The molecule has 0 spiro atoms. The summed E-state index contributed by atoms with van der Waals surface area (Å²) in [6.07, 6.45) is 3.01. The van der Waals surface area contributed by atoms with Crippen molar-refractivity contribution in [3.63, 3.8) is 0 Å². The first kappa shape index (κ1) is 12.1. The first-order chi connectivity index (χ1) is 7.89. The third-order valence-corrected chi connectivity index (χ3v) is 4.16. The minimum absolute atomic E-state index is 0.205. The summed E-state index contributed by atoms with van der Waals surface area (Å²) in [7, 11) is -3.22. The normalized spacial score (nSPS) is 17.7. The molecule has 5 heteroatoms. The van der Waals surface area contributed by atoms with Gasteiger partial charge < -0.3 is 5.11 Å². The molecule has 0 amide bonds. The van der Waals surface area contributed by atoms with Crippen molar-refractivity contribution >= 4 is 15.8 Å². The van der Waals surface area contributed by atoms with E-state index < -0.39 is 21.7 Å². The maximum absolute atomic E-state index is 11.3. The second-order valence-electron chi connectivity index (χ2n) is 4.49. The zero-order chi connectivity index (χ0) is 12.6. The lowest BCUT2D eigenvalue weighted by Gasteiger charge is -2.11. The Labute approximate surface area is 100 Å². The van der Waals surface area contributed by atoms with Gasteiger partial charge in [-0.05, 0) is 36.5 Å². The smallest absolute Gasteiger partial charge is 0.311 e. The van der Waals surface area contributed by atoms with Crippen molar-refractivity contribution in [1.82, 2.24) is 0 Å². The van der Waals surface area contributed by atoms with E-state index in [9.17, 15) is 13.2 Å². The third-order valence-electron chi connectivity index (χ3n) is 3.03. The summed E-state index contributed by atoms with van der Waals surface area (Å²) in [5.41, 5.74) is 0.687. The van der Waals surface area contributed by atoms with E-state index in [1.165, 1.54) is 12.1 Å². The second-order valence-corrected chi connectivity index (χ2v) is 6.51. The number of benzene rings is 1. The van der Waals surface area contributed by atoms with Crippen LogP contribution in [0.25, 0.3) is 0 Å². The molecule has 1 fully saturated rings. The van der Waals surface area contributed by atoms with Crippen LogP contribution in [-0.2, 0) is 14.6 Å². The summed E-state index contributed by atoms with van der Waals surface area (Å²) in [6.45, 7) is 0. The number of carboxylic acid groups (broad SMARTS) is 1. The Morgan fingerprint density at radius 1 is 1.29 bits per heavy atom. The molecule has 1 N–H and O–H groups in total. The van der Waals surface area contributed by atoms with Crippen LogP contribution in [-0.4, -0.2) is 25.7 Å². The molecule has 0 bridgehead atoms. The first-order valence-electron chi connectivity index (χ1n) is 5.42. The highest BCUT2D eigenvalue weighted by Gasteiger charge is 2.37. The predicted molar refractivity (Wildman–Crippen MR) is 62.7 cm³/mol. The topological polar surface area (TPSA) is 71.4 Å². The van der Waals surface area contributed by atoms with Crippen LogP contribution in [0.4, 0.5) is 0 Å². The average molecular weight is 254 g/mol. The van der Waals surface area contributed by atoms with Gasteiger partial charge >= 0.3 is 5.97 Å². The van der Waals surface area contributed by atoms with Crippen LogP contribution in [0.2, 0.25) is 0 Å². The molecule has 0 saturated heterocycles. The van der Waals surface area contributed by atoms with Crippen LogP contribution >= 0.6 is 0 Å². The van der Waals surface area contributed by atoms with Crippen LogP contribution in [0.1, 0.15) is 24.3 Å². The Morgan fingerprint density at radius 2 is 1.82 bits per heavy atom. The molecule has 17 heavy (non-hydrogen) atoms. The van der Waals surface area contributed by atoms with Gasteiger partial charge in [0.25, 0.3) is 0 Å². The summed E-state index contributed by atoms with van der Waals surface area (Å²) < 4.78 is 22.6. The van der Waals surface area contributed by atoms with Crippen LogP contribution in [0.5, 0.6) is 0 Å². The Balaban J connectivity index is 2.31. The van der Waals surface area contributed by atoms with Gasteiger partial charge in [-0.25, -0.2) is 8.42 Å². The first-order valence-corrected chi connectivity index (χ1v) is 7.31. The lowest BCUT2D eigenvalue weighted by Crippen LogP contribution is -2.13. The number of carbonyl (C=O) groups is 1. The molecule has 0 aromatic heterocycles. The number of aliphatic carboxylic acids is 1. The van der Waals surface area contributed by atoms with Gasteiger partial charge in [-0.15, -0.1) is 0 Å². The molecule has 0 radical (unpaired) electrons. The number of hydrogen-bond donors (Lipinski definition) is 1. The van der Waals surface area contributed by atoms with Crippen molar-refractivity contribution in [1.29, 1.82) is 0 Å². The lowest BCUT2D eigenvalue weighted by molar-refractivity contribution is -0.139. The highest BCUT2D eigenvalue weighted by molar-refractivity contribution is 7.90. The molecule has 0 aliphatic heterocycles. The fourth-order valence-corrected chi connectivity index (χ4v) is 2.60. The van der Waals surface area contributed by atoms with Crippen LogP contribution in [0.3, 0.4) is 0 Å². The van der Waals surface area contributed by atoms with Gasteiger partial charge in [-0.1, -0.05) is 12.1 Å². The molecule has 0 heterocycles. The predicted octanol–water partition coefficient (Wildman–Crippen LogP) is 1.67. The summed E-state index contributed by atoms with van der Waals surface area (Å²) in [5, 5.41) is 9.15. The van der Waals surface area contributed by atoms with Crippen LogP contribution < -0.4 is 0 Å². The average Bonchev–Trinajstić information content (AvgIpc) is 3.01. The van der Waals surface area contributed by atoms with Crippen molar-refractivity contribution in [2.24, 2.45) is 5.92 Å². The number of rotatable bonds is 4. The van der Waals surface area contributed by atoms with E-state index in [4.69, 9.17) is 5.11 Å².